The van der Waals surface area contributed by atoms with Gasteiger partial charge in [-0.15, -0.1) is 0 Å². The van der Waals surface area contributed by atoms with Crippen LogP contribution in [0.2, 0.25) is 0 Å². The van der Waals surface area contributed by atoms with E-state index in [-0.39, 0.29) is 5.56 Å². The summed E-state index contributed by atoms with van der Waals surface area (Å²) in [4.78, 5) is 11.3. The van der Waals surface area contributed by atoms with Crippen molar-refractivity contribution in [2.45, 2.75) is 13.3 Å². The molecule has 1 aromatic carbocycles. The number of aromatic nitrogens is 2. The van der Waals surface area contributed by atoms with Crippen LogP contribution in [0.1, 0.15) is 12.5 Å². The van der Waals surface area contributed by atoms with Crippen LogP contribution in [-0.2, 0) is 13.5 Å². The first kappa shape index (κ1) is 9.77. The van der Waals surface area contributed by atoms with E-state index in [0.717, 1.165) is 17.7 Å². The Morgan fingerprint density at radius 3 is 2.73 bits per heavy atom. The van der Waals surface area contributed by atoms with Gasteiger partial charge in [0.05, 0.1) is 5.69 Å². The third-order valence-corrected chi connectivity index (χ3v) is 2.53. The maximum Gasteiger partial charge on any atom is 0.266 e. The highest BCUT2D eigenvalue weighted by Gasteiger charge is 2.02. The second-order valence-corrected chi connectivity index (χ2v) is 3.62. The molecule has 0 aliphatic rings. The summed E-state index contributed by atoms with van der Waals surface area (Å²) in [5.41, 5.74) is 3.20. The van der Waals surface area contributed by atoms with Gasteiger partial charge in [0.25, 0.3) is 5.56 Å². The van der Waals surface area contributed by atoms with Crippen molar-refractivity contribution in [3.63, 3.8) is 0 Å². The number of aromatic amines is 1. The standard InChI is InChI=1S/C12H14N2O/c1-3-9-5-4-6-10(7-9)11-8-12(15)14(2)13-11/h4-8,13H,3H2,1-2H3. The van der Waals surface area contributed by atoms with Crippen LogP contribution in [0, 0.1) is 0 Å². The first-order valence-electron chi connectivity index (χ1n) is 5.06. The Morgan fingerprint density at radius 2 is 2.13 bits per heavy atom. The van der Waals surface area contributed by atoms with Gasteiger partial charge in [-0.3, -0.25) is 14.6 Å². The van der Waals surface area contributed by atoms with Crippen LogP contribution in [-0.4, -0.2) is 9.78 Å². The molecule has 3 heteroatoms. The van der Waals surface area contributed by atoms with Crippen LogP contribution >= 0.6 is 0 Å². The van der Waals surface area contributed by atoms with Crippen molar-refractivity contribution in [1.29, 1.82) is 0 Å². The molecule has 0 atom stereocenters. The Labute approximate surface area is 88.4 Å². The Balaban J connectivity index is 2.49. The first-order chi connectivity index (χ1) is 7.20. The molecule has 0 amide bonds. The molecule has 1 aromatic heterocycles. The van der Waals surface area contributed by atoms with Crippen LogP contribution in [0.5, 0.6) is 0 Å². The number of hydrogen-bond acceptors (Lipinski definition) is 1. The molecule has 2 aromatic rings. The largest absolute Gasteiger partial charge is 0.295 e. The minimum absolute atomic E-state index is 0.00750. The first-order valence-corrected chi connectivity index (χ1v) is 5.06. The lowest BCUT2D eigenvalue weighted by molar-refractivity contribution is 0.742. The molecule has 15 heavy (non-hydrogen) atoms. The summed E-state index contributed by atoms with van der Waals surface area (Å²) in [5.74, 6) is 0. The van der Waals surface area contributed by atoms with Gasteiger partial charge in [-0.25, -0.2) is 0 Å². The van der Waals surface area contributed by atoms with E-state index >= 15 is 0 Å². The van der Waals surface area contributed by atoms with Gasteiger partial charge in [-0.2, -0.15) is 0 Å². The summed E-state index contributed by atoms with van der Waals surface area (Å²) in [5, 5.41) is 3.02. The van der Waals surface area contributed by atoms with E-state index in [2.05, 4.69) is 24.2 Å². The third-order valence-electron chi connectivity index (χ3n) is 2.53. The molecular weight excluding hydrogens is 188 g/mol. The number of hydrogen-bond donors (Lipinski definition) is 1. The average Bonchev–Trinajstić information content (AvgIpc) is 2.59. The van der Waals surface area contributed by atoms with Crippen LogP contribution in [0.15, 0.2) is 35.1 Å². The third kappa shape index (κ3) is 1.86. The van der Waals surface area contributed by atoms with Gasteiger partial charge in [0.2, 0.25) is 0 Å². The van der Waals surface area contributed by atoms with Crippen molar-refractivity contribution in [2.24, 2.45) is 7.05 Å². The summed E-state index contributed by atoms with van der Waals surface area (Å²) in [7, 11) is 1.72. The smallest absolute Gasteiger partial charge is 0.266 e. The molecule has 2 rings (SSSR count). The van der Waals surface area contributed by atoms with Crippen molar-refractivity contribution in [3.8, 4) is 11.3 Å². The zero-order chi connectivity index (χ0) is 10.8. The van der Waals surface area contributed by atoms with E-state index in [9.17, 15) is 4.79 Å². The van der Waals surface area contributed by atoms with Crippen molar-refractivity contribution < 1.29 is 0 Å². The maximum atomic E-state index is 11.3. The second-order valence-electron chi connectivity index (χ2n) is 3.62. The molecule has 0 fully saturated rings. The molecule has 0 aliphatic carbocycles. The fourth-order valence-corrected chi connectivity index (χ4v) is 1.60. The highest BCUT2D eigenvalue weighted by molar-refractivity contribution is 5.59. The molecule has 0 saturated heterocycles. The number of nitrogens with one attached hydrogen (secondary N) is 1. The second kappa shape index (κ2) is 3.77. The van der Waals surface area contributed by atoms with Crippen LogP contribution in [0.25, 0.3) is 11.3 Å². The Bertz CT molecular complexity index is 522. The van der Waals surface area contributed by atoms with Gasteiger partial charge in [-0.1, -0.05) is 25.1 Å². The number of nitrogens with zero attached hydrogens (tertiary/aromatic N) is 1. The lowest BCUT2D eigenvalue weighted by Gasteiger charge is -2.00. The van der Waals surface area contributed by atoms with E-state index < -0.39 is 0 Å². The summed E-state index contributed by atoms with van der Waals surface area (Å²) in [6.45, 7) is 2.12. The molecule has 0 radical (unpaired) electrons. The minimum Gasteiger partial charge on any atom is -0.295 e. The van der Waals surface area contributed by atoms with Crippen molar-refractivity contribution in [1.82, 2.24) is 9.78 Å². The molecule has 0 bridgehead atoms. The number of H-pyrrole nitrogens is 1. The van der Waals surface area contributed by atoms with Crippen molar-refractivity contribution in [3.05, 3.63) is 46.2 Å². The van der Waals surface area contributed by atoms with Gasteiger partial charge in [0.1, 0.15) is 0 Å². The van der Waals surface area contributed by atoms with Crippen LogP contribution in [0.3, 0.4) is 0 Å². The number of benzene rings is 1. The monoisotopic (exact) mass is 202 g/mol. The molecule has 0 aliphatic heterocycles. The summed E-state index contributed by atoms with van der Waals surface area (Å²) in [6, 6.07) is 9.83. The summed E-state index contributed by atoms with van der Waals surface area (Å²) in [6.07, 6.45) is 1.00. The molecule has 1 heterocycles. The van der Waals surface area contributed by atoms with E-state index in [4.69, 9.17) is 0 Å². The maximum absolute atomic E-state index is 11.3. The van der Waals surface area contributed by atoms with Gasteiger partial charge >= 0.3 is 0 Å². The van der Waals surface area contributed by atoms with Crippen molar-refractivity contribution in [2.75, 3.05) is 0 Å². The van der Waals surface area contributed by atoms with E-state index in [1.54, 1.807) is 13.1 Å². The number of rotatable bonds is 2. The highest BCUT2D eigenvalue weighted by Crippen LogP contribution is 2.16. The van der Waals surface area contributed by atoms with Crippen LogP contribution in [0.4, 0.5) is 0 Å². The Morgan fingerprint density at radius 1 is 1.33 bits per heavy atom. The lowest BCUT2D eigenvalue weighted by atomic mass is 10.1. The van der Waals surface area contributed by atoms with E-state index in [0.29, 0.717) is 0 Å². The molecular formula is C12H14N2O. The highest BCUT2D eigenvalue weighted by atomic mass is 16.1. The van der Waals surface area contributed by atoms with E-state index in [1.807, 2.05) is 12.1 Å². The van der Waals surface area contributed by atoms with Gasteiger partial charge in [0, 0.05) is 13.1 Å². The van der Waals surface area contributed by atoms with Gasteiger partial charge < -0.3 is 0 Å². The molecule has 0 spiro atoms. The summed E-state index contributed by atoms with van der Waals surface area (Å²) >= 11 is 0. The van der Waals surface area contributed by atoms with Crippen LogP contribution < -0.4 is 5.56 Å². The molecule has 1 N–H and O–H groups in total. The fourth-order valence-electron chi connectivity index (χ4n) is 1.60. The molecule has 0 saturated carbocycles. The normalized spacial score (nSPS) is 10.5. The lowest BCUT2D eigenvalue weighted by Crippen LogP contribution is -2.09. The zero-order valence-electron chi connectivity index (χ0n) is 8.95. The predicted octanol–water partition coefficient (Wildman–Crippen LogP) is 1.94. The predicted molar refractivity (Wildman–Crippen MR) is 60.8 cm³/mol. The average molecular weight is 202 g/mol. The van der Waals surface area contributed by atoms with Gasteiger partial charge in [-0.05, 0) is 23.6 Å². The zero-order valence-corrected chi connectivity index (χ0v) is 8.95. The van der Waals surface area contributed by atoms with E-state index in [1.165, 1.54) is 10.2 Å². The fraction of sp³-hybridized carbons (Fsp3) is 0.250. The molecule has 3 nitrogen and oxygen atoms in total. The van der Waals surface area contributed by atoms with Crippen molar-refractivity contribution >= 4 is 0 Å². The molecule has 78 valence electrons. The topological polar surface area (TPSA) is 37.8 Å². The SMILES string of the molecule is CCc1cccc(-c2cc(=O)n(C)[nH]2)c1. The van der Waals surface area contributed by atoms with Gasteiger partial charge in [0.15, 0.2) is 0 Å². The molecule has 0 unspecified atom stereocenters. The Kier molecular flexibility index (Phi) is 2.46. The summed E-state index contributed by atoms with van der Waals surface area (Å²) < 4.78 is 1.48. The minimum atomic E-state index is -0.00750. The number of aryl methyl sites for hydroxylation is 2. The quantitative estimate of drug-likeness (QED) is 0.794. The Hall–Kier alpha value is -1.77.